The van der Waals surface area contributed by atoms with E-state index in [9.17, 15) is 22.8 Å². The van der Waals surface area contributed by atoms with E-state index in [1.54, 1.807) is 12.1 Å². The first-order chi connectivity index (χ1) is 16.5. The fourth-order valence-corrected chi connectivity index (χ4v) is 4.84. The van der Waals surface area contributed by atoms with E-state index in [1.165, 1.54) is 19.8 Å². The second kappa shape index (κ2) is 9.88. The molecule has 3 N–H and O–H groups in total. The molecule has 2 aromatic rings. The van der Waals surface area contributed by atoms with Gasteiger partial charge in [-0.05, 0) is 78.8 Å². The van der Waals surface area contributed by atoms with Gasteiger partial charge in [0.1, 0.15) is 12.3 Å². The molecule has 1 aliphatic heterocycles. The summed E-state index contributed by atoms with van der Waals surface area (Å²) in [5, 5.41) is 0. The Labute approximate surface area is 213 Å². The molecule has 0 bridgehead atoms. The predicted molar refractivity (Wildman–Crippen MR) is 130 cm³/mol. The van der Waals surface area contributed by atoms with Crippen LogP contribution in [0, 0.1) is 15.9 Å². The van der Waals surface area contributed by atoms with E-state index in [0.717, 1.165) is 35.2 Å². The number of amides is 1. The Morgan fingerprint density at radius 3 is 2.49 bits per heavy atom. The molecule has 0 radical (unpaired) electrons. The summed E-state index contributed by atoms with van der Waals surface area (Å²) in [6, 6.07) is 5.01. The highest BCUT2D eigenvalue weighted by molar-refractivity contribution is 14.1. The third-order valence-corrected chi connectivity index (χ3v) is 7.26. The molecule has 8 nitrogen and oxygen atoms in total. The van der Waals surface area contributed by atoms with E-state index in [0.29, 0.717) is 11.0 Å². The molecule has 2 heterocycles. The van der Waals surface area contributed by atoms with Crippen LogP contribution in [0.3, 0.4) is 0 Å². The molecule has 1 spiro atoms. The van der Waals surface area contributed by atoms with Crippen LogP contribution in [0.1, 0.15) is 64.2 Å². The van der Waals surface area contributed by atoms with Crippen LogP contribution in [0.25, 0.3) is 0 Å². The van der Waals surface area contributed by atoms with Crippen LogP contribution in [0.2, 0.25) is 0 Å². The lowest BCUT2D eigenvalue weighted by Gasteiger charge is -2.35. The summed E-state index contributed by atoms with van der Waals surface area (Å²) >= 11 is 2.19. The van der Waals surface area contributed by atoms with Gasteiger partial charge in [0.25, 0.3) is 5.91 Å². The molecule has 0 unspecified atom stereocenters. The first-order valence-corrected chi connectivity index (χ1v) is 12.3. The molecular weight excluding hydrogens is 578 g/mol. The average molecular weight is 603 g/mol. The number of rotatable bonds is 7. The summed E-state index contributed by atoms with van der Waals surface area (Å²) in [6.45, 7) is 2.41. The van der Waals surface area contributed by atoms with Crippen LogP contribution in [0.15, 0.2) is 18.2 Å². The van der Waals surface area contributed by atoms with Crippen molar-refractivity contribution in [2.75, 3.05) is 24.6 Å². The van der Waals surface area contributed by atoms with E-state index in [4.69, 9.17) is 10.6 Å². The standard InChI is InChI=1S/C23H25F3IN5O3/c1-13-17(18(20(34)31-28)30-21(29-13)35-11-8-23(24,25)26)19(33)15-3-2-14(27)12-16(15)32-9-6-22(4-5-22)7-10-32/h2-3,12H,4-11,28H2,1H3,(H,31,34). The number of hydrogen-bond donors (Lipinski definition) is 2. The number of nitrogen functional groups attached to an aromatic ring is 1. The summed E-state index contributed by atoms with van der Waals surface area (Å²) in [7, 11) is 0. The average Bonchev–Trinajstić information content (AvgIpc) is 3.56. The molecule has 1 aromatic carbocycles. The van der Waals surface area contributed by atoms with Crippen LogP contribution in [-0.2, 0) is 0 Å². The van der Waals surface area contributed by atoms with Crippen molar-refractivity contribution in [3.63, 3.8) is 0 Å². The van der Waals surface area contributed by atoms with Crippen molar-refractivity contribution in [2.45, 2.75) is 45.2 Å². The summed E-state index contributed by atoms with van der Waals surface area (Å²) < 4.78 is 43.4. The lowest BCUT2D eigenvalue weighted by molar-refractivity contribution is -0.139. The molecule has 2 fully saturated rings. The minimum atomic E-state index is -4.42. The number of benzene rings is 1. The van der Waals surface area contributed by atoms with Crippen LogP contribution >= 0.6 is 22.6 Å². The number of carbonyl (C=O) groups excluding carboxylic acids is 2. The van der Waals surface area contributed by atoms with Crippen molar-refractivity contribution in [2.24, 2.45) is 11.3 Å². The number of nitrogens with zero attached hydrogens (tertiary/aromatic N) is 3. The van der Waals surface area contributed by atoms with Crippen LogP contribution in [-0.4, -0.2) is 47.5 Å². The SMILES string of the molecule is Cc1nc(OCCC(F)(F)F)nc(C(=O)NN)c1C(=O)c1ccc(I)cc1N1CCC2(CC1)CC2. The van der Waals surface area contributed by atoms with Gasteiger partial charge in [-0.15, -0.1) is 0 Å². The second-order valence-corrected chi connectivity index (χ2v) is 10.2. The van der Waals surface area contributed by atoms with Crippen molar-refractivity contribution in [1.82, 2.24) is 15.4 Å². The third kappa shape index (κ3) is 5.85. The monoisotopic (exact) mass is 603 g/mol. The first kappa shape index (κ1) is 25.6. The number of aryl methyl sites for hydroxylation is 1. The number of ketones is 1. The highest BCUT2D eigenvalue weighted by Gasteiger charge is 2.44. The molecule has 1 amide bonds. The van der Waals surface area contributed by atoms with Crippen molar-refractivity contribution in [3.05, 3.63) is 44.3 Å². The maximum Gasteiger partial charge on any atom is 0.392 e. The fourth-order valence-electron chi connectivity index (χ4n) is 4.37. The van der Waals surface area contributed by atoms with E-state index in [1.807, 2.05) is 11.5 Å². The number of alkyl halides is 3. The van der Waals surface area contributed by atoms with Gasteiger partial charge in [0.15, 0.2) is 5.78 Å². The van der Waals surface area contributed by atoms with E-state index >= 15 is 0 Å². The predicted octanol–water partition coefficient (Wildman–Crippen LogP) is 3.94. The molecule has 1 saturated carbocycles. The summed E-state index contributed by atoms with van der Waals surface area (Å²) in [4.78, 5) is 36.4. The molecule has 0 atom stereocenters. The largest absolute Gasteiger partial charge is 0.463 e. The molecule has 12 heteroatoms. The summed E-state index contributed by atoms with van der Waals surface area (Å²) in [6.07, 6.45) is -0.984. The van der Waals surface area contributed by atoms with Gasteiger partial charge < -0.3 is 9.64 Å². The van der Waals surface area contributed by atoms with Crippen LogP contribution in [0.5, 0.6) is 6.01 Å². The van der Waals surface area contributed by atoms with Gasteiger partial charge in [0.2, 0.25) is 0 Å². The molecule has 35 heavy (non-hydrogen) atoms. The number of carbonyl (C=O) groups is 2. The van der Waals surface area contributed by atoms with Crippen molar-refractivity contribution in [1.29, 1.82) is 0 Å². The highest BCUT2D eigenvalue weighted by Crippen LogP contribution is 2.54. The number of hydrogen-bond acceptors (Lipinski definition) is 7. The molecule has 2 aliphatic rings. The molecule has 188 valence electrons. The number of piperidine rings is 1. The molecule has 1 saturated heterocycles. The van der Waals surface area contributed by atoms with Gasteiger partial charge in [-0.2, -0.15) is 23.1 Å². The summed E-state index contributed by atoms with van der Waals surface area (Å²) in [5.41, 5.74) is 3.22. The van der Waals surface area contributed by atoms with E-state index < -0.39 is 36.9 Å². The zero-order valence-electron chi connectivity index (χ0n) is 19.0. The maximum atomic E-state index is 13.8. The quantitative estimate of drug-likeness (QED) is 0.162. The number of ether oxygens (including phenoxy) is 1. The lowest BCUT2D eigenvalue weighted by atomic mass is 9.92. The Hall–Kier alpha value is -2.48. The van der Waals surface area contributed by atoms with E-state index in [-0.39, 0.29) is 17.0 Å². The maximum absolute atomic E-state index is 13.8. The van der Waals surface area contributed by atoms with Crippen LogP contribution in [0.4, 0.5) is 18.9 Å². The number of aromatic nitrogens is 2. The second-order valence-electron chi connectivity index (χ2n) is 8.98. The number of nitrogens with one attached hydrogen (secondary N) is 1. The van der Waals surface area contributed by atoms with Gasteiger partial charge >= 0.3 is 12.2 Å². The van der Waals surface area contributed by atoms with Crippen molar-refractivity contribution < 1.29 is 27.5 Å². The Morgan fingerprint density at radius 1 is 1.20 bits per heavy atom. The van der Waals surface area contributed by atoms with Crippen molar-refractivity contribution in [3.8, 4) is 6.01 Å². The number of nitrogens with two attached hydrogens (primary N) is 1. The van der Waals surface area contributed by atoms with Crippen molar-refractivity contribution >= 4 is 40.0 Å². The van der Waals surface area contributed by atoms with E-state index in [2.05, 4.69) is 37.5 Å². The van der Waals surface area contributed by atoms with Gasteiger partial charge in [0.05, 0.1) is 17.7 Å². The lowest BCUT2D eigenvalue weighted by Crippen LogP contribution is -2.36. The number of halogens is 4. The smallest absolute Gasteiger partial charge is 0.392 e. The normalized spacial score (nSPS) is 16.8. The van der Waals surface area contributed by atoms with Gasteiger partial charge in [-0.3, -0.25) is 15.0 Å². The van der Waals surface area contributed by atoms with Crippen LogP contribution < -0.4 is 20.9 Å². The number of anilines is 1. The molecule has 4 rings (SSSR count). The molecule has 1 aromatic heterocycles. The van der Waals surface area contributed by atoms with Gasteiger partial charge in [-0.1, -0.05) is 0 Å². The zero-order chi connectivity index (χ0) is 25.4. The topological polar surface area (TPSA) is 110 Å². The first-order valence-electron chi connectivity index (χ1n) is 11.2. The minimum Gasteiger partial charge on any atom is -0.463 e. The highest BCUT2D eigenvalue weighted by atomic mass is 127. The van der Waals surface area contributed by atoms with Gasteiger partial charge in [0, 0.05) is 27.9 Å². The minimum absolute atomic E-state index is 0.0748. The summed E-state index contributed by atoms with van der Waals surface area (Å²) in [5.74, 6) is 3.95. The van der Waals surface area contributed by atoms with Gasteiger partial charge in [-0.25, -0.2) is 5.84 Å². The zero-order valence-corrected chi connectivity index (χ0v) is 21.2. The Balaban J connectivity index is 1.67. The third-order valence-electron chi connectivity index (χ3n) is 6.59. The Morgan fingerprint density at radius 2 is 1.89 bits per heavy atom. The molecule has 1 aliphatic carbocycles. The fraction of sp³-hybridized carbons (Fsp3) is 0.478. The Kier molecular flexibility index (Phi) is 7.23. The molecular formula is C23H25F3IN5O3. The number of hydrazine groups is 1. The Bertz CT molecular complexity index is 1140.